The first-order valence-electron chi connectivity index (χ1n) is 11.9. The molecule has 0 spiro atoms. The first-order chi connectivity index (χ1) is 15.9. The van der Waals surface area contributed by atoms with E-state index in [-0.39, 0.29) is 30.8 Å². The standard InChI is InChI=1S/C24H31N5O4/c1-5-15-12-17(29(27-15)18-8-6-7-11-30-18)19-20-21(33-24(3,4)32-20)23(31-19)28-10-9-16-14(2)25-13-26-22(16)28/h9-10,12-13,18-21,23H,5-8,11H2,1-4H3/t18?,19-,20+,21+,23+/m0/s1. The Hall–Kier alpha value is -2.33. The quantitative estimate of drug-likeness (QED) is 0.590. The van der Waals surface area contributed by atoms with E-state index in [1.807, 2.05) is 42.3 Å². The highest BCUT2D eigenvalue weighted by molar-refractivity contribution is 5.78. The lowest BCUT2D eigenvalue weighted by atomic mass is 10.1. The molecule has 3 fully saturated rings. The Balaban J connectivity index is 1.42. The van der Waals surface area contributed by atoms with Gasteiger partial charge in [0.25, 0.3) is 0 Å². The number of hydrogen-bond acceptors (Lipinski definition) is 7. The second-order valence-corrected chi connectivity index (χ2v) is 9.61. The van der Waals surface area contributed by atoms with Gasteiger partial charge in [-0.05, 0) is 58.6 Å². The van der Waals surface area contributed by atoms with Gasteiger partial charge < -0.3 is 23.5 Å². The molecular formula is C24H31N5O4. The highest BCUT2D eigenvalue weighted by Gasteiger charge is 2.57. The Morgan fingerprint density at radius 3 is 2.79 bits per heavy atom. The summed E-state index contributed by atoms with van der Waals surface area (Å²) in [4.78, 5) is 8.87. The summed E-state index contributed by atoms with van der Waals surface area (Å²) in [7, 11) is 0. The van der Waals surface area contributed by atoms with Gasteiger partial charge in [-0.15, -0.1) is 0 Å². The van der Waals surface area contributed by atoms with Crippen LogP contribution in [0.5, 0.6) is 0 Å². The number of nitrogens with zero attached hydrogens (tertiary/aromatic N) is 5. The molecule has 0 aliphatic carbocycles. The van der Waals surface area contributed by atoms with Gasteiger partial charge in [0.15, 0.2) is 18.2 Å². The first kappa shape index (κ1) is 21.2. The minimum atomic E-state index is -0.705. The van der Waals surface area contributed by atoms with Crippen molar-refractivity contribution in [2.45, 2.75) is 89.9 Å². The van der Waals surface area contributed by atoms with E-state index in [1.54, 1.807) is 6.33 Å². The van der Waals surface area contributed by atoms with E-state index in [2.05, 4.69) is 23.0 Å². The molecule has 3 aromatic rings. The van der Waals surface area contributed by atoms with Crippen molar-refractivity contribution in [3.8, 4) is 0 Å². The number of aryl methyl sites for hydroxylation is 2. The molecule has 9 heteroatoms. The van der Waals surface area contributed by atoms with Crippen molar-refractivity contribution in [2.75, 3.05) is 6.61 Å². The Morgan fingerprint density at radius 1 is 1.15 bits per heavy atom. The van der Waals surface area contributed by atoms with Crippen LogP contribution in [0.1, 0.15) is 75.7 Å². The van der Waals surface area contributed by atoms with Crippen LogP contribution in [0.2, 0.25) is 0 Å². The topological polar surface area (TPSA) is 85.5 Å². The molecule has 6 rings (SSSR count). The SMILES string of the molecule is CCc1cc([C@@H]2O[C@@H](n3ccc4c(C)ncnc43)[C@@H]3OC(C)(C)O[C@@H]32)n(C2CCCCO2)n1. The van der Waals surface area contributed by atoms with Crippen molar-refractivity contribution < 1.29 is 18.9 Å². The van der Waals surface area contributed by atoms with Gasteiger partial charge in [-0.2, -0.15) is 5.10 Å². The van der Waals surface area contributed by atoms with Crippen molar-refractivity contribution in [3.63, 3.8) is 0 Å². The van der Waals surface area contributed by atoms with Crippen molar-refractivity contribution >= 4 is 11.0 Å². The lowest BCUT2D eigenvalue weighted by Crippen LogP contribution is -2.28. The summed E-state index contributed by atoms with van der Waals surface area (Å²) in [6.45, 7) is 8.78. The van der Waals surface area contributed by atoms with E-state index in [4.69, 9.17) is 24.0 Å². The van der Waals surface area contributed by atoms with Gasteiger partial charge in [-0.3, -0.25) is 0 Å². The van der Waals surface area contributed by atoms with Gasteiger partial charge in [0.1, 0.15) is 30.3 Å². The maximum Gasteiger partial charge on any atom is 0.165 e. The third-order valence-corrected chi connectivity index (χ3v) is 6.91. The van der Waals surface area contributed by atoms with Crippen LogP contribution in [0.4, 0.5) is 0 Å². The molecule has 0 radical (unpaired) electrons. The zero-order chi connectivity index (χ0) is 22.7. The summed E-state index contributed by atoms with van der Waals surface area (Å²) < 4.78 is 29.7. The molecule has 3 aromatic heterocycles. The zero-order valence-electron chi connectivity index (χ0n) is 19.6. The van der Waals surface area contributed by atoms with E-state index >= 15 is 0 Å². The maximum atomic E-state index is 6.73. The van der Waals surface area contributed by atoms with Gasteiger partial charge in [0.2, 0.25) is 0 Å². The normalized spacial score (nSPS) is 31.3. The smallest absolute Gasteiger partial charge is 0.165 e. The monoisotopic (exact) mass is 453 g/mol. The summed E-state index contributed by atoms with van der Waals surface area (Å²) in [5, 5.41) is 5.89. The van der Waals surface area contributed by atoms with Crippen LogP contribution in [0, 0.1) is 6.92 Å². The molecule has 0 aromatic carbocycles. The lowest BCUT2D eigenvalue weighted by Gasteiger charge is -2.28. The minimum absolute atomic E-state index is 0.0757. The highest BCUT2D eigenvalue weighted by atomic mass is 16.8. The maximum absolute atomic E-state index is 6.73. The summed E-state index contributed by atoms with van der Waals surface area (Å²) in [6.07, 6.45) is 6.28. The molecule has 0 saturated carbocycles. The molecule has 0 bridgehead atoms. The van der Waals surface area contributed by atoms with E-state index in [0.29, 0.717) is 0 Å². The van der Waals surface area contributed by atoms with Crippen LogP contribution in [-0.2, 0) is 25.4 Å². The largest absolute Gasteiger partial charge is 0.357 e. The van der Waals surface area contributed by atoms with E-state index in [9.17, 15) is 0 Å². The predicted molar refractivity (Wildman–Crippen MR) is 119 cm³/mol. The Bertz CT molecular complexity index is 1170. The van der Waals surface area contributed by atoms with Crippen LogP contribution in [0.3, 0.4) is 0 Å². The second kappa shape index (κ2) is 7.87. The molecular weight excluding hydrogens is 422 g/mol. The van der Waals surface area contributed by atoms with Gasteiger partial charge >= 0.3 is 0 Å². The fraction of sp³-hybridized carbons (Fsp3) is 0.625. The Kier molecular flexibility index (Phi) is 5.06. The predicted octanol–water partition coefficient (Wildman–Crippen LogP) is 3.99. The number of hydrogen-bond donors (Lipinski definition) is 0. The van der Waals surface area contributed by atoms with Gasteiger partial charge in [0.05, 0.1) is 17.1 Å². The molecule has 1 unspecified atom stereocenters. The molecule has 33 heavy (non-hydrogen) atoms. The van der Waals surface area contributed by atoms with Crippen LogP contribution in [-0.4, -0.2) is 48.9 Å². The third-order valence-electron chi connectivity index (χ3n) is 6.91. The Labute approximate surface area is 193 Å². The molecule has 3 aliphatic rings. The molecule has 9 nitrogen and oxygen atoms in total. The summed E-state index contributed by atoms with van der Waals surface area (Å²) in [5.41, 5.74) is 3.78. The van der Waals surface area contributed by atoms with Crippen LogP contribution < -0.4 is 0 Å². The number of fused-ring (bicyclic) bond motifs is 2. The second-order valence-electron chi connectivity index (χ2n) is 9.61. The fourth-order valence-electron chi connectivity index (χ4n) is 5.34. The molecule has 176 valence electrons. The van der Waals surface area contributed by atoms with E-state index in [0.717, 1.165) is 60.4 Å². The molecule has 5 atom stereocenters. The van der Waals surface area contributed by atoms with Crippen molar-refractivity contribution in [1.29, 1.82) is 0 Å². The summed E-state index contributed by atoms with van der Waals surface area (Å²) >= 11 is 0. The van der Waals surface area contributed by atoms with E-state index in [1.165, 1.54) is 0 Å². The average molecular weight is 454 g/mol. The minimum Gasteiger partial charge on any atom is -0.357 e. The average Bonchev–Trinajstić information content (AvgIpc) is 3.55. The fourth-order valence-corrected chi connectivity index (χ4v) is 5.34. The summed E-state index contributed by atoms with van der Waals surface area (Å²) in [6, 6.07) is 4.17. The van der Waals surface area contributed by atoms with Gasteiger partial charge in [-0.25, -0.2) is 14.6 Å². The Morgan fingerprint density at radius 2 is 2.00 bits per heavy atom. The number of aromatic nitrogens is 5. The molecule has 0 N–H and O–H groups in total. The summed E-state index contributed by atoms with van der Waals surface area (Å²) in [5.74, 6) is -0.705. The molecule has 3 saturated heterocycles. The molecule has 0 amide bonds. The molecule has 6 heterocycles. The first-order valence-corrected chi connectivity index (χ1v) is 11.9. The van der Waals surface area contributed by atoms with Crippen molar-refractivity contribution in [3.05, 3.63) is 41.7 Å². The third kappa shape index (κ3) is 3.49. The number of ether oxygens (including phenoxy) is 4. The van der Waals surface area contributed by atoms with Gasteiger partial charge in [0, 0.05) is 18.2 Å². The zero-order valence-corrected chi connectivity index (χ0v) is 19.6. The molecule has 3 aliphatic heterocycles. The number of rotatable bonds is 4. The van der Waals surface area contributed by atoms with Crippen molar-refractivity contribution in [1.82, 2.24) is 24.3 Å². The highest BCUT2D eigenvalue weighted by Crippen LogP contribution is 2.50. The van der Waals surface area contributed by atoms with E-state index < -0.39 is 5.79 Å². The van der Waals surface area contributed by atoms with Gasteiger partial charge in [-0.1, -0.05) is 6.92 Å². The van der Waals surface area contributed by atoms with Crippen LogP contribution in [0.25, 0.3) is 11.0 Å². The van der Waals surface area contributed by atoms with Crippen LogP contribution >= 0.6 is 0 Å². The lowest BCUT2D eigenvalue weighted by molar-refractivity contribution is -0.198. The van der Waals surface area contributed by atoms with Crippen molar-refractivity contribution in [2.24, 2.45) is 0 Å². The van der Waals surface area contributed by atoms with Crippen LogP contribution in [0.15, 0.2) is 24.7 Å².